The van der Waals surface area contributed by atoms with Gasteiger partial charge in [-0.25, -0.2) is 0 Å². The predicted octanol–water partition coefficient (Wildman–Crippen LogP) is 4.16. The first-order valence-electron chi connectivity index (χ1n) is 6.93. The zero-order valence-electron chi connectivity index (χ0n) is 11.5. The van der Waals surface area contributed by atoms with Crippen molar-refractivity contribution in [1.29, 1.82) is 0 Å². The van der Waals surface area contributed by atoms with Crippen molar-refractivity contribution in [1.82, 2.24) is 0 Å². The van der Waals surface area contributed by atoms with E-state index >= 15 is 0 Å². The van der Waals surface area contributed by atoms with Gasteiger partial charge in [0.25, 0.3) is 0 Å². The van der Waals surface area contributed by atoms with E-state index in [4.69, 9.17) is 11.6 Å². The van der Waals surface area contributed by atoms with Gasteiger partial charge in [0.15, 0.2) is 0 Å². The summed E-state index contributed by atoms with van der Waals surface area (Å²) < 4.78 is 0. The standard InChI is InChI=1S/C17H18ClNO/c1-12-8-13-4-2-3-5-16(13)19(10-12)17-7-6-15(18)9-14(17)11-20/h2-7,9,12,20H,8,10-11H2,1H3. The van der Waals surface area contributed by atoms with Crippen LogP contribution < -0.4 is 4.90 Å². The van der Waals surface area contributed by atoms with Crippen molar-refractivity contribution in [2.45, 2.75) is 20.0 Å². The number of rotatable bonds is 2. The van der Waals surface area contributed by atoms with Gasteiger partial charge in [0.2, 0.25) is 0 Å². The third kappa shape index (κ3) is 2.41. The third-order valence-corrected chi connectivity index (χ3v) is 4.08. The molecule has 3 rings (SSSR count). The number of nitrogens with zero attached hydrogens (tertiary/aromatic N) is 1. The van der Waals surface area contributed by atoms with Gasteiger partial charge in [0.1, 0.15) is 0 Å². The van der Waals surface area contributed by atoms with Crippen LogP contribution in [0.4, 0.5) is 11.4 Å². The Balaban J connectivity index is 2.10. The molecule has 0 bridgehead atoms. The molecule has 0 aliphatic carbocycles. The molecule has 3 heteroatoms. The summed E-state index contributed by atoms with van der Waals surface area (Å²) >= 11 is 6.03. The van der Waals surface area contributed by atoms with Crippen LogP contribution in [0.5, 0.6) is 0 Å². The molecule has 0 radical (unpaired) electrons. The van der Waals surface area contributed by atoms with Crippen molar-refractivity contribution >= 4 is 23.0 Å². The summed E-state index contributed by atoms with van der Waals surface area (Å²) in [7, 11) is 0. The van der Waals surface area contributed by atoms with Gasteiger partial charge >= 0.3 is 0 Å². The minimum atomic E-state index is 0.00292. The zero-order valence-corrected chi connectivity index (χ0v) is 12.3. The number of fused-ring (bicyclic) bond motifs is 1. The zero-order chi connectivity index (χ0) is 14.1. The Morgan fingerprint density at radius 1 is 1.20 bits per heavy atom. The van der Waals surface area contributed by atoms with Crippen molar-refractivity contribution in [2.75, 3.05) is 11.4 Å². The first-order chi connectivity index (χ1) is 9.69. The first-order valence-corrected chi connectivity index (χ1v) is 7.31. The Morgan fingerprint density at radius 3 is 2.80 bits per heavy atom. The fraction of sp³-hybridized carbons (Fsp3) is 0.294. The molecule has 104 valence electrons. The Kier molecular flexibility index (Phi) is 3.68. The average Bonchev–Trinajstić information content (AvgIpc) is 2.46. The highest BCUT2D eigenvalue weighted by Crippen LogP contribution is 2.37. The molecule has 0 amide bonds. The lowest BCUT2D eigenvalue weighted by molar-refractivity contribution is 0.282. The van der Waals surface area contributed by atoms with Crippen molar-refractivity contribution in [2.24, 2.45) is 5.92 Å². The lowest BCUT2D eigenvalue weighted by Gasteiger charge is -2.36. The van der Waals surface area contributed by atoms with Gasteiger partial charge in [-0.2, -0.15) is 0 Å². The fourth-order valence-electron chi connectivity index (χ4n) is 2.97. The number of anilines is 2. The van der Waals surface area contributed by atoms with E-state index in [1.165, 1.54) is 11.3 Å². The minimum Gasteiger partial charge on any atom is -0.392 e. The van der Waals surface area contributed by atoms with Crippen LogP contribution in [0.1, 0.15) is 18.1 Å². The molecule has 1 aliphatic rings. The number of aliphatic hydroxyl groups excluding tert-OH is 1. The second kappa shape index (κ2) is 5.47. The molecule has 0 aromatic heterocycles. The molecule has 2 aromatic rings. The SMILES string of the molecule is CC1Cc2ccccc2N(c2ccc(Cl)cc2CO)C1. The maximum atomic E-state index is 9.60. The van der Waals surface area contributed by atoms with Crippen LogP contribution in [0.2, 0.25) is 5.02 Å². The maximum Gasteiger partial charge on any atom is 0.0702 e. The highest BCUT2D eigenvalue weighted by atomic mass is 35.5. The highest BCUT2D eigenvalue weighted by Gasteiger charge is 2.23. The second-order valence-corrected chi connectivity index (χ2v) is 5.92. The molecule has 1 unspecified atom stereocenters. The topological polar surface area (TPSA) is 23.5 Å². The predicted molar refractivity (Wildman–Crippen MR) is 83.7 cm³/mol. The van der Waals surface area contributed by atoms with Crippen LogP contribution in [0, 0.1) is 5.92 Å². The van der Waals surface area contributed by atoms with Crippen molar-refractivity contribution in [3.8, 4) is 0 Å². The molecule has 0 fully saturated rings. The summed E-state index contributed by atoms with van der Waals surface area (Å²) in [6.07, 6.45) is 1.11. The van der Waals surface area contributed by atoms with Crippen LogP contribution in [0.25, 0.3) is 0 Å². The quantitative estimate of drug-likeness (QED) is 0.896. The Labute approximate surface area is 124 Å². The second-order valence-electron chi connectivity index (χ2n) is 5.48. The number of hydrogen-bond acceptors (Lipinski definition) is 2. The van der Waals surface area contributed by atoms with Gasteiger partial charge < -0.3 is 10.0 Å². The Morgan fingerprint density at radius 2 is 2.00 bits per heavy atom. The number of aliphatic hydroxyl groups is 1. The summed E-state index contributed by atoms with van der Waals surface area (Å²) in [6, 6.07) is 14.2. The fourth-order valence-corrected chi connectivity index (χ4v) is 3.16. The Bertz CT molecular complexity index is 626. The lowest BCUT2D eigenvalue weighted by Crippen LogP contribution is -2.31. The van der Waals surface area contributed by atoms with E-state index in [-0.39, 0.29) is 6.61 Å². The minimum absolute atomic E-state index is 0.00292. The molecular weight excluding hydrogens is 270 g/mol. The van der Waals surface area contributed by atoms with Crippen molar-refractivity contribution in [3.05, 3.63) is 58.6 Å². The molecule has 1 atom stereocenters. The first kappa shape index (κ1) is 13.5. The van der Waals surface area contributed by atoms with Crippen LogP contribution >= 0.6 is 11.6 Å². The Hall–Kier alpha value is -1.51. The largest absolute Gasteiger partial charge is 0.392 e. The molecule has 2 nitrogen and oxygen atoms in total. The number of halogens is 1. The summed E-state index contributed by atoms with van der Waals surface area (Å²) in [6.45, 7) is 3.23. The van der Waals surface area contributed by atoms with Gasteiger partial charge in [0, 0.05) is 28.5 Å². The smallest absolute Gasteiger partial charge is 0.0702 e. The van der Waals surface area contributed by atoms with E-state index in [0.717, 1.165) is 24.2 Å². The normalized spacial score (nSPS) is 17.9. The van der Waals surface area contributed by atoms with Crippen LogP contribution in [0.15, 0.2) is 42.5 Å². The van der Waals surface area contributed by atoms with E-state index < -0.39 is 0 Å². The van der Waals surface area contributed by atoms with Crippen LogP contribution in [-0.4, -0.2) is 11.7 Å². The van der Waals surface area contributed by atoms with E-state index in [1.807, 2.05) is 18.2 Å². The summed E-state index contributed by atoms with van der Waals surface area (Å²) in [5.74, 6) is 0.590. The van der Waals surface area contributed by atoms with Gasteiger partial charge in [-0.05, 0) is 42.2 Å². The van der Waals surface area contributed by atoms with Crippen molar-refractivity contribution in [3.63, 3.8) is 0 Å². The lowest BCUT2D eigenvalue weighted by atomic mass is 9.93. The summed E-state index contributed by atoms with van der Waals surface area (Å²) in [4.78, 5) is 2.30. The highest BCUT2D eigenvalue weighted by molar-refractivity contribution is 6.30. The van der Waals surface area contributed by atoms with Gasteiger partial charge in [-0.3, -0.25) is 0 Å². The van der Waals surface area contributed by atoms with Crippen molar-refractivity contribution < 1.29 is 5.11 Å². The average molecular weight is 288 g/mol. The molecular formula is C17H18ClNO. The van der Waals surface area contributed by atoms with Crippen LogP contribution in [0.3, 0.4) is 0 Å². The number of hydrogen-bond donors (Lipinski definition) is 1. The van der Waals surface area contributed by atoms with E-state index in [9.17, 15) is 5.11 Å². The number of benzene rings is 2. The van der Waals surface area contributed by atoms with Gasteiger partial charge in [-0.1, -0.05) is 36.7 Å². The van der Waals surface area contributed by atoms with Gasteiger partial charge in [-0.15, -0.1) is 0 Å². The molecule has 0 spiro atoms. The molecule has 1 aliphatic heterocycles. The van der Waals surface area contributed by atoms with E-state index in [2.05, 4.69) is 36.1 Å². The third-order valence-electron chi connectivity index (χ3n) is 3.85. The molecule has 1 N–H and O–H groups in total. The van der Waals surface area contributed by atoms with E-state index in [1.54, 1.807) is 0 Å². The van der Waals surface area contributed by atoms with E-state index in [0.29, 0.717) is 10.9 Å². The summed E-state index contributed by atoms with van der Waals surface area (Å²) in [5.41, 5.74) is 4.53. The molecule has 20 heavy (non-hydrogen) atoms. The molecule has 2 aromatic carbocycles. The summed E-state index contributed by atoms with van der Waals surface area (Å²) in [5, 5.41) is 10.3. The molecule has 1 heterocycles. The molecule has 0 saturated heterocycles. The maximum absolute atomic E-state index is 9.60. The van der Waals surface area contributed by atoms with Crippen LogP contribution in [-0.2, 0) is 13.0 Å². The monoisotopic (exact) mass is 287 g/mol. The number of para-hydroxylation sites is 1. The van der Waals surface area contributed by atoms with Gasteiger partial charge in [0.05, 0.1) is 6.61 Å². The molecule has 0 saturated carbocycles.